The predicted octanol–water partition coefficient (Wildman–Crippen LogP) is 2.81. The van der Waals surface area contributed by atoms with Crippen LogP contribution < -0.4 is 10.6 Å². The van der Waals surface area contributed by atoms with Crippen molar-refractivity contribution in [1.82, 2.24) is 15.6 Å². The number of amides is 2. The molecule has 1 heterocycles. The first-order valence-electron chi connectivity index (χ1n) is 10.5. The van der Waals surface area contributed by atoms with Crippen LogP contribution in [0.15, 0.2) is 54.9 Å². The average molecular weight is 442 g/mol. The van der Waals surface area contributed by atoms with E-state index < -0.39 is 35.7 Å². The van der Waals surface area contributed by atoms with Gasteiger partial charge in [0.1, 0.15) is 17.7 Å². The number of rotatable bonds is 9. The van der Waals surface area contributed by atoms with Gasteiger partial charge in [-0.15, -0.1) is 0 Å². The quantitative estimate of drug-likeness (QED) is 0.580. The summed E-state index contributed by atoms with van der Waals surface area (Å²) in [6.07, 6.45) is 3.64. The van der Waals surface area contributed by atoms with Crippen molar-refractivity contribution in [1.29, 1.82) is 0 Å². The molecule has 0 aliphatic carbocycles. The Kier molecular flexibility index (Phi) is 9.19. The monoisotopic (exact) mass is 441 g/mol. The third kappa shape index (κ3) is 8.75. The first-order chi connectivity index (χ1) is 15.2. The highest BCUT2D eigenvalue weighted by Crippen LogP contribution is 2.10. The van der Waals surface area contributed by atoms with E-state index in [9.17, 15) is 14.4 Å². The first kappa shape index (κ1) is 24.8. The lowest BCUT2D eigenvalue weighted by Crippen LogP contribution is -2.53. The number of esters is 1. The molecule has 2 atom stereocenters. The van der Waals surface area contributed by atoms with Gasteiger partial charge in [0.25, 0.3) is 0 Å². The van der Waals surface area contributed by atoms with E-state index in [0.29, 0.717) is 12.8 Å². The number of ether oxygens (including phenoxy) is 2. The highest BCUT2D eigenvalue weighted by molar-refractivity contribution is 5.89. The molecule has 2 amide bonds. The molecule has 0 radical (unpaired) electrons. The van der Waals surface area contributed by atoms with E-state index in [2.05, 4.69) is 15.6 Å². The van der Waals surface area contributed by atoms with Crippen molar-refractivity contribution in [2.24, 2.45) is 0 Å². The second kappa shape index (κ2) is 11.8. The molecule has 2 aromatic rings. The number of carbonyl (C=O) groups is 3. The van der Waals surface area contributed by atoms with E-state index in [1.165, 1.54) is 7.11 Å². The fourth-order valence-corrected chi connectivity index (χ4v) is 3.04. The number of nitrogens with zero attached hydrogens (tertiary/aromatic N) is 1. The van der Waals surface area contributed by atoms with Gasteiger partial charge in [-0.25, -0.2) is 9.59 Å². The molecule has 2 rings (SSSR count). The Labute approximate surface area is 188 Å². The molecule has 0 saturated carbocycles. The molecule has 1 aromatic heterocycles. The van der Waals surface area contributed by atoms with E-state index in [1.807, 2.05) is 30.3 Å². The van der Waals surface area contributed by atoms with Gasteiger partial charge in [-0.05, 0) is 56.9 Å². The van der Waals surface area contributed by atoms with Crippen LogP contribution in [0.4, 0.5) is 4.79 Å². The molecule has 32 heavy (non-hydrogen) atoms. The van der Waals surface area contributed by atoms with Crippen molar-refractivity contribution in [3.05, 3.63) is 66.0 Å². The fourth-order valence-electron chi connectivity index (χ4n) is 3.04. The van der Waals surface area contributed by atoms with E-state index in [4.69, 9.17) is 9.47 Å². The van der Waals surface area contributed by atoms with Crippen LogP contribution in [0.5, 0.6) is 0 Å². The molecular formula is C24H31N3O5. The highest BCUT2D eigenvalue weighted by atomic mass is 16.6. The Morgan fingerprint density at radius 3 is 2.19 bits per heavy atom. The number of alkyl carbamates (subject to hydrolysis) is 1. The topological polar surface area (TPSA) is 107 Å². The van der Waals surface area contributed by atoms with Crippen LogP contribution in [0.25, 0.3) is 0 Å². The average Bonchev–Trinajstić information content (AvgIpc) is 2.75. The predicted molar refractivity (Wildman–Crippen MR) is 120 cm³/mol. The van der Waals surface area contributed by atoms with Gasteiger partial charge in [-0.2, -0.15) is 0 Å². The Morgan fingerprint density at radius 1 is 0.938 bits per heavy atom. The molecule has 0 bridgehead atoms. The molecule has 0 spiro atoms. The van der Waals surface area contributed by atoms with Gasteiger partial charge in [0.2, 0.25) is 5.91 Å². The second-order valence-electron chi connectivity index (χ2n) is 8.37. The lowest BCUT2D eigenvalue weighted by atomic mass is 10.0. The van der Waals surface area contributed by atoms with Crippen LogP contribution in [0.2, 0.25) is 0 Å². The van der Waals surface area contributed by atoms with Gasteiger partial charge in [0.05, 0.1) is 7.11 Å². The summed E-state index contributed by atoms with van der Waals surface area (Å²) >= 11 is 0. The zero-order chi connectivity index (χ0) is 23.6. The van der Waals surface area contributed by atoms with Crippen LogP contribution in [0.1, 0.15) is 38.3 Å². The Bertz CT molecular complexity index is 882. The van der Waals surface area contributed by atoms with Crippen molar-refractivity contribution in [3.63, 3.8) is 0 Å². The van der Waals surface area contributed by atoms with Crippen molar-refractivity contribution < 1.29 is 23.9 Å². The maximum Gasteiger partial charge on any atom is 0.408 e. The number of benzene rings is 1. The van der Waals surface area contributed by atoms with Gasteiger partial charge in [0, 0.05) is 18.8 Å². The van der Waals surface area contributed by atoms with E-state index in [1.54, 1.807) is 45.3 Å². The minimum atomic E-state index is -0.908. The summed E-state index contributed by atoms with van der Waals surface area (Å²) in [6.45, 7) is 5.23. The summed E-state index contributed by atoms with van der Waals surface area (Å²) < 4.78 is 10.2. The Morgan fingerprint density at radius 2 is 1.59 bits per heavy atom. The van der Waals surface area contributed by atoms with Gasteiger partial charge in [0.15, 0.2) is 0 Å². The standard InChI is InChI=1S/C24H31N3O5/c1-24(2,3)32-23(30)27-19(11-10-17-8-6-5-7-9-17)21(28)26-20(22(29)31-4)16-18-12-14-25-15-13-18/h5-9,12-15,19-20H,10-11,16H2,1-4H3,(H,26,28)(H,27,30)/t19-,20-/m0/s1. The van der Waals surface area contributed by atoms with Crippen LogP contribution >= 0.6 is 0 Å². The molecule has 172 valence electrons. The SMILES string of the molecule is COC(=O)[C@H](Cc1ccncc1)NC(=O)[C@H](CCc1ccccc1)NC(=O)OC(C)(C)C. The molecule has 0 fully saturated rings. The number of carbonyl (C=O) groups excluding carboxylic acids is 3. The summed E-state index contributed by atoms with van der Waals surface area (Å²) in [7, 11) is 1.26. The molecule has 0 saturated heterocycles. The molecule has 0 aliphatic rings. The Balaban J connectivity index is 2.13. The van der Waals surface area contributed by atoms with E-state index >= 15 is 0 Å². The Hall–Kier alpha value is -3.42. The number of hydrogen-bond acceptors (Lipinski definition) is 6. The van der Waals surface area contributed by atoms with Gasteiger partial charge in [-0.1, -0.05) is 30.3 Å². The third-order valence-corrected chi connectivity index (χ3v) is 4.56. The number of methoxy groups -OCH3 is 1. The maximum atomic E-state index is 13.1. The van der Waals surface area contributed by atoms with Crippen molar-refractivity contribution >= 4 is 18.0 Å². The molecular weight excluding hydrogens is 410 g/mol. The van der Waals surface area contributed by atoms with Crippen LogP contribution in [-0.2, 0) is 31.9 Å². The lowest BCUT2D eigenvalue weighted by Gasteiger charge is -2.25. The third-order valence-electron chi connectivity index (χ3n) is 4.56. The smallest absolute Gasteiger partial charge is 0.408 e. The van der Waals surface area contributed by atoms with E-state index in [0.717, 1.165) is 11.1 Å². The minimum absolute atomic E-state index is 0.235. The highest BCUT2D eigenvalue weighted by Gasteiger charge is 2.29. The van der Waals surface area contributed by atoms with Gasteiger partial charge >= 0.3 is 12.1 Å². The summed E-state index contributed by atoms with van der Waals surface area (Å²) in [5.41, 5.74) is 1.13. The molecule has 2 N–H and O–H groups in total. The zero-order valence-corrected chi connectivity index (χ0v) is 19.0. The zero-order valence-electron chi connectivity index (χ0n) is 19.0. The number of hydrogen-bond donors (Lipinski definition) is 2. The van der Waals surface area contributed by atoms with Crippen LogP contribution in [-0.4, -0.2) is 47.7 Å². The van der Waals surface area contributed by atoms with Crippen molar-refractivity contribution in [2.75, 3.05) is 7.11 Å². The maximum absolute atomic E-state index is 13.1. The van der Waals surface area contributed by atoms with Gasteiger partial charge in [-0.3, -0.25) is 9.78 Å². The van der Waals surface area contributed by atoms with E-state index in [-0.39, 0.29) is 6.42 Å². The molecule has 0 aliphatic heterocycles. The van der Waals surface area contributed by atoms with Crippen molar-refractivity contribution in [3.8, 4) is 0 Å². The summed E-state index contributed by atoms with van der Waals surface area (Å²) in [6, 6.07) is 11.3. The first-order valence-corrected chi connectivity index (χ1v) is 10.5. The van der Waals surface area contributed by atoms with Crippen LogP contribution in [0, 0.1) is 0 Å². The molecule has 8 heteroatoms. The van der Waals surface area contributed by atoms with Crippen LogP contribution in [0.3, 0.4) is 0 Å². The second-order valence-corrected chi connectivity index (χ2v) is 8.37. The summed E-state index contributed by atoms with van der Waals surface area (Å²) in [5.74, 6) is -1.06. The van der Waals surface area contributed by atoms with Crippen molar-refractivity contribution in [2.45, 2.75) is 57.7 Å². The number of pyridine rings is 1. The lowest BCUT2D eigenvalue weighted by molar-refractivity contribution is -0.145. The minimum Gasteiger partial charge on any atom is -0.467 e. The summed E-state index contributed by atoms with van der Waals surface area (Å²) in [5, 5.41) is 5.35. The number of aromatic nitrogens is 1. The normalized spacial score (nSPS) is 12.9. The number of aryl methyl sites for hydroxylation is 1. The molecule has 1 aromatic carbocycles. The molecule has 0 unspecified atom stereocenters. The fraction of sp³-hybridized carbons (Fsp3) is 0.417. The molecule has 8 nitrogen and oxygen atoms in total. The number of nitrogens with one attached hydrogen (secondary N) is 2. The largest absolute Gasteiger partial charge is 0.467 e. The summed E-state index contributed by atoms with van der Waals surface area (Å²) in [4.78, 5) is 41.7. The van der Waals surface area contributed by atoms with Gasteiger partial charge < -0.3 is 20.1 Å².